The third kappa shape index (κ3) is 6.32. The van der Waals surface area contributed by atoms with Gasteiger partial charge >= 0.3 is 0 Å². The molecule has 1 aliphatic carbocycles. The van der Waals surface area contributed by atoms with Crippen molar-refractivity contribution in [1.82, 2.24) is 10.2 Å². The van der Waals surface area contributed by atoms with E-state index >= 15 is 0 Å². The SMILES string of the molecule is CC(C)(C)Sc1ccccc1[C@H](C1CCCC1)N1CCNCC1.Cl.Cl. The summed E-state index contributed by atoms with van der Waals surface area (Å²) in [6.45, 7) is 11.6. The molecule has 0 aromatic heterocycles. The fraction of sp³-hybridized carbons (Fsp3) is 0.700. The van der Waals surface area contributed by atoms with Crippen LogP contribution in [0, 0.1) is 5.92 Å². The summed E-state index contributed by atoms with van der Waals surface area (Å²) in [6.07, 6.45) is 5.65. The molecule has 1 N–H and O–H groups in total. The van der Waals surface area contributed by atoms with Gasteiger partial charge in [0, 0.05) is 41.9 Å². The van der Waals surface area contributed by atoms with Gasteiger partial charge in [0.15, 0.2) is 0 Å². The molecule has 0 bridgehead atoms. The molecule has 1 saturated carbocycles. The zero-order chi connectivity index (χ0) is 16.3. The monoisotopic (exact) mass is 404 g/mol. The summed E-state index contributed by atoms with van der Waals surface area (Å²) in [5.74, 6) is 0.842. The lowest BCUT2D eigenvalue weighted by Gasteiger charge is -2.39. The van der Waals surface area contributed by atoms with Crippen molar-refractivity contribution in [2.24, 2.45) is 5.92 Å². The lowest BCUT2D eigenvalue weighted by molar-refractivity contribution is 0.123. The molecule has 1 saturated heterocycles. The second-order valence-corrected chi connectivity index (χ2v) is 9.90. The molecule has 0 spiro atoms. The van der Waals surface area contributed by atoms with Crippen LogP contribution in [0.15, 0.2) is 29.2 Å². The number of benzene rings is 1. The maximum absolute atomic E-state index is 3.52. The van der Waals surface area contributed by atoms with E-state index in [4.69, 9.17) is 0 Å². The van der Waals surface area contributed by atoms with Gasteiger partial charge in [0.05, 0.1) is 0 Å². The topological polar surface area (TPSA) is 15.3 Å². The molecular formula is C20H34Cl2N2S. The predicted octanol–water partition coefficient (Wildman–Crippen LogP) is 5.56. The van der Waals surface area contributed by atoms with E-state index in [0.29, 0.717) is 6.04 Å². The Labute approximate surface area is 170 Å². The number of hydrogen-bond donors (Lipinski definition) is 1. The highest BCUT2D eigenvalue weighted by molar-refractivity contribution is 8.00. The standard InChI is InChI=1S/C20H32N2S.2ClH/c1-20(2,3)23-18-11-7-6-10-17(18)19(16-8-4-5-9-16)22-14-12-21-13-15-22;;/h6-7,10-11,16,19,21H,4-5,8-9,12-15H2,1-3H3;2*1H/t19-;;/m0../s1. The van der Waals surface area contributed by atoms with E-state index < -0.39 is 0 Å². The Kier molecular flexibility index (Phi) is 9.63. The minimum Gasteiger partial charge on any atom is -0.314 e. The molecule has 2 nitrogen and oxygen atoms in total. The number of nitrogens with one attached hydrogen (secondary N) is 1. The van der Waals surface area contributed by atoms with Crippen LogP contribution in [0.3, 0.4) is 0 Å². The quantitative estimate of drug-likeness (QED) is 0.661. The second kappa shape index (κ2) is 10.4. The fourth-order valence-corrected chi connectivity index (χ4v) is 5.24. The van der Waals surface area contributed by atoms with Crippen molar-refractivity contribution in [2.45, 2.75) is 62.1 Å². The van der Waals surface area contributed by atoms with Gasteiger partial charge in [0.2, 0.25) is 0 Å². The number of rotatable bonds is 4. The summed E-state index contributed by atoms with van der Waals surface area (Å²) in [5.41, 5.74) is 1.58. The smallest absolute Gasteiger partial charge is 0.0388 e. The van der Waals surface area contributed by atoms with Crippen molar-refractivity contribution < 1.29 is 0 Å². The van der Waals surface area contributed by atoms with Crippen molar-refractivity contribution in [2.75, 3.05) is 26.2 Å². The molecule has 2 aliphatic rings. The molecule has 25 heavy (non-hydrogen) atoms. The molecular weight excluding hydrogens is 371 g/mol. The molecule has 0 amide bonds. The molecule has 1 aromatic rings. The summed E-state index contributed by atoms with van der Waals surface area (Å²) < 4.78 is 0.264. The van der Waals surface area contributed by atoms with E-state index in [1.807, 2.05) is 11.8 Å². The molecule has 1 aromatic carbocycles. The maximum atomic E-state index is 3.52. The normalized spacial score (nSPS) is 20.6. The molecule has 0 radical (unpaired) electrons. The van der Waals surface area contributed by atoms with Gasteiger partial charge in [0.1, 0.15) is 0 Å². The van der Waals surface area contributed by atoms with Crippen LogP contribution in [-0.2, 0) is 0 Å². The van der Waals surface area contributed by atoms with Crippen LogP contribution in [0.5, 0.6) is 0 Å². The van der Waals surface area contributed by atoms with E-state index in [1.54, 1.807) is 5.56 Å². The summed E-state index contributed by atoms with van der Waals surface area (Å²) in [7, 11) is 0. The van der Waals surface area contributed by atoms with Gasteiger partial charge < -0.3 is 5.32 Å². The van der Waals surface area contributed by atoms with Crippen LogP contribution in [0.25, 0.3) is 0 Å². The number of hydrogen-bond acceptors (Lipinski definition) is 3. The first-order valence-electron chi connectivity index (χ1n) is 9.27. The van der Waals surface area contributed by atoms with Crippen LogP contribution < -0.4 is 5.32 Å². The van der Waals surface area contributed by atoms with Gasteiger partial charge in [0.25, 0.3) is 0 Å². The van der Waals surface area contributed by atoms with Gasteiger partial charge in [-0.3, -0.25) is 4.90 Å². The zero-order valence-corrected chi connectivity index (χ0v) is 18.2. The second-order valence-electron chi connectivity index (χ2n) is 8.03. The van der Waals surface area contributed by atoms with E-state index in [-0.39, 0.29) is 29.6 Å². The van der Waals surface area contributed by atoms with E-state index in [0.717, 1.165) is 19.0 Å². The van der Waals surface area contributed by atoms with Gasteiger partial charge in [-0.25, -0.2) is 0 Å². The summed E-state index contributed by atoms with van der Waals surface area (Å²) in [6, 6.07) is 9.81. The first-order chi connectivity index (χ1) is 11.0. The third-order valence-electron chi connectivity index (χ3n) is 5.05. The molecule has 5 heteroatoms. The third-order valence-corrected chi connectivity index (χ3v) is 6.25. The zero-order valence-electron chi connectivity index (χ0n) is 15.8. The van der Waals surface area contributed by atoms with Gasteiger partial charge in [-0.1, -0.05) is 51.8 Å². The first-order valence-corrected chi connectivity index (χ1v) is 10.1. The molecule has 144 valence electrons. The van der Waals surface area contributed by atoms with Gasteiger partial charge in [-0.15, -0.1) is 36.6 Å². The van der Waals surface area contributed by atoms with Crippen molar-refractivity contribution >= 4 is 36.6 Å². The Morgan fingerprint density at radius 2 is 1.64 bits per heavy atom. The Balaban J connectivity index is 0.00000156. The Bertz CT molecular complexity index is 507. The lowest BCUT2D eigenvalue weighted by Crippen LogP contribution is -2.46. The van der Waals surface area contributed by atoms with Gasteiger partial charge in [-0.2, -0.15) is 0 Å². The highest BCUT2D eigenvalue weighted by Crippen LogP contribution is 2.44. The maximum Gasteiger partial charge on any atom is 0.0388 e. The van der Waals surface area contributed by atoms with Crippen molar-refractivity contribution in [3.8, 4) is 0 Å². The van der Waals surface area contributed by atoms with Crippen LogP contribution in [-0.4, -0.2) is 35.8 Å². The Morgan fingerprint density at radius 3 is 2.24 bits per heavy atom. The molecule has 1 atom stereocenters. The first kappa shape index (κ1) is 23.1. The molecule has 2 fully saturated rings. The summed E-state index contributed by atoms with van der Waals surface area (Å²) in [5, 5.41) is 3.52. The Morgan fingerprint density at radius 1 is 1.04 bits per heavy atom. The van der Waals surface area contributed by atoms with Gasteiger partial charge in [-0.05, 0) is 30.4 Å². The fourth-order valence-electron chi connectivity index (χ4n) is 4.13. The van der Waals surface area contributed by atoms with E-state index in [2.05, 4.69) is 55.3 Å². The van der Waals surface area contributed by atoms with Crippen molar-refractivity contribution in [1.29, 1.82) is 0 Å². The molecule has 1 aliphatic heterocycles. The molecule has 0 unspecified atom stereocenters. The predicted molar refractivity (Wildman–Crippen MR) is 116 cm³/mol. The van der Waals surface area contributed by atoms with Crippen molar-refractivity contribution in [3.05, 3.63) is 29.8 Å². The average molecular weight is 405 g/mol. The van der Waals surface area contributed by atoms with E-state index in [1.165, 1.54) is 43.7 Å². The number of piperazine rings is 1. The van der Waals surface area contributed by atoms with E-state index in [9.17, 15) is 0 Å². The van der Waals surface area contributed by atoms with Crippen LogP contribution in [0.2, 0.25) is 0 Å². The number of halogens is 2. The minimum absolute atomic E-state index is 0. The van der Waals surface area contributed by atoms with Crippen molar-refractivity contribution in [3.63, 3.8) is 0 Å². The lowest BCUT2D eigenvalue weighted by atomic mass is 9.89. The largest absolute Gasteiger partial charge is 0.314 e. The van der Waals surface area contributed by atoms with Crippen LogP contribution in [0.1, 0.15) is 58.1 Å². The molecule has 1 heterocycles. The Hall–Kier alpha value is 0.0700. The van der Waals surface area contributed by atoms with Crippen LogP contribution in [0.4, 0.5) is 0 Å². The minimum atomic E-state index is 0. The number of thioether (sulfide) groups is 1. The van der Waals surface area contributed by atoms with Crippen LogP contribution >= 0.6 is 36.6 Å². The summed E-state index contributed by atoms with van der Waals surface area (Å²) >= 11 is 2.04. The highest BCUT2D eigenvalue weighted by Gasteiger charge is 2.33. The number of nitrogens with zero attached hydrogens (tertiary/aromatic N) is 1. The average Bonchev–Trinajstić information content (AvgIpc) is 3.03. The molecule has 3 rings (SSSR count). The highest BCUT2D eigenvalue weighted by atomic mass is 35.5. The summed E-state index contributed by atoms with van der Waals surface area (Å²) in [4.78, 5) is 4.25.